The van der Waals surface area contributed by atoms with Gasteiger partial charge in [0.25, 0.3) is 0 Å². The van der Waals surface area contributed by atoms with Gasteiger partial charge in [0.15, 0.2) is 14.1 Å². The summed E-state index contributed by atoms with van der Waals surface area (Å²) in [6, 6.07) is 0. The lowest BCUT2D eigenvalue weighted by atomic mass is 9.60. The van der Waals surface area contributed by atoms with Gasteiger partial charge in [-0.3, -0.25) is 4.79 Å². The SMILES string of the molecule is C=C1/C(=C\C=C2/CCC[C@]3(C)[C@@H]([C@H](C)CCC(=O)C(C)(C)O[Si](C)(C)C)CC[C@@H]23)C[C@@H](O)C[C@@H]1CO. The number of rotatable bonds is 9. The third-order valence-electron chi connectivity index (χ3n) is 9.42. The minimum atomic E-state index is -1.78. The Kier molecular flexibility index (Phi) is 9.34. The quantitative estimate of drug-likeness (QED) is 0.324. The van der Waals surface area contributed by atoms with Crippen LogP contribution in [0.2, 0.25) is 19.6 Å². The smallest absolute Gasteiger partial charge is 0.185 e. The molecular weight excluding hydrogens is 464 g/mol. The van der Waals surface area contributed by atoms with Crippen LogP contribution in [-0.2, 0) is 9.22 Å². The molecule has 5 heteroatoms. The summed E-state index contributed by atoms with van der Waals surface area (Å²) in [7, 11) is -1.78. The molecule has 36 heavy (non-hydrogen) atoms. The molecule has 3 saturated carbocycles. The fourth-order valence-corrected chi connectivity index (χ4v) is 9.31. The van der Waals surface area contributed by atoms with E-state index in [1.54, 1.807) is 5.57 Å². The fraction of sp³-hybridized carbons (Fsp3) is 0.774. The minimum absolute atomic E-state index is 0.0319. The highest BCUT2D eigenvalue weighted by Crippen LogP contribution is 2.60. The molecule has 3 rings (SSSR count). The molecule has 2 N–H and O–H groups in total. The van der Waals surface area contributed by atoms with E-state index in [-0.39, 0.29) is 23.7 Å². The molecule has 0 heterocycles. The van der Waals surface area contributed by atoms with Crippen LogP contribution in [0.4, 0.5) is 0 Å². The average molecular weight is 517 g/mol. The summed E-state index contributed by atoms with van der Waals surface area (Å²) < 4.78 is 6.21. The Labute approximate surface area is 221 Å². The zero-order chi connectivity index (χ0) is 26.9. The van der Waals surface area contributed by atoms with E-state index in [2.05, 4.69) is 52.2 Å². The van der Waals surface area contributed by atoms with E-state index in [9.17, 15) is 15.0 Å². The predicted octanol–water partition coefficient (Wildman–Crippen LogP) is 6.99. The fourth-order valence-electron chi connectivity index (χ4n) is 7.67. The van der Waals surface area contributed by atoms with Gasteiger partial charge >= 0.3 is 0 Å². The largest absolute Gasteiger partial charge is 0.406 e. The van der Waals surface area contributed by atoms with Crippen molar-refractivity contribution < 1.29 is 19.4 Å². The van der Waals surface area contributed by atoms with Gasteiger partial charge in [-0.1, -0.05) is 38.2 Å². The van der Waals surface area contributed by atoms with Gasteiger partial charge in [-0.25, -0.2) is 0 Å². The number of fused-ring (bicyclic) bond motifs is 1. The van der Waals surface area contributed by atoms with Crippen molar-refractivity contribution in [1.29, 1.82) is 0 Å². The molecule has 0 aliphatic heterocycles. The van der Waals surface area contributed by atoms with Gasteiger partial charge in [-0.05, 0) is 119 Å². The van der Waals surface area contributed by atoms with Crippen molar-refractivity contribution in [2.45, 2.75) is 117 Å². The summed E-state index contributed by atoms with van der Waals surface area (Å²) in [5.41, 5.74) is 3.22. The van der Waals surface area contributed by atoms with Gasteiger partial charge in [0.1, 0.15) is 5.60 Å². The number of aliphatic hydroxyl groups excluding tert-OH is 2. The number of aliphatic hydroxyl groups is 2. The van der Waals surface area contributed by atoms with E-state index in [4.69, 9.17) is 4.43 Å². The Bertz CT molecular complexity index is 879. The Morgan fingerprint density at radius 2 is 1.97 bits per heavy atom. The number of hydrogen-bond acceptors (Lipinski definition) is 4. The van der Waals surface area contributed by atoms with Crippen LogP contribution in [0.1, 0.15) is 85.5 Å². The first-order chi connectivity index (χ1) is 16.7. The molecule has 0 saturated heterocycles. The maximum absolute atomic E-state index is 13.0. The van der Waals surface area contributed by atoms with E-state index in [0.29, 0.717) is 37.0 Å². The number of Topliss-reactive ketones (excluding diaryl/α,β-unsaturated/α-hetero) is 1. The van der Waals surface area contributed by atoms with Crippen LogP contribution in [-0.4, -0.2) is 42.6 Å². The highest BCUT2D eigenvalue weighted by molar-refractivity contribution is 6.70. The Balaban J connectivity index is 1.68. The van der Waals surface area contributed by atoms with E-state index >= 15 is 0 Å². The third-order valence-corrected chi connectivity index (χ3v) is 10.5. The van der Waals surface area contributed by atoms with Crippen molar-refractivity contribution in [3.8, 4) is 0 Å². The number of carbonyl (C=O) groups excluding carboxylic acids is 1. The number of hydrogen-bond donors (Lipinski definition) is 2. The van der Waals surface area contributed by atoms with Crippen molar-refractivity contribution in [2.75, 3.05) is 6.61 Å². The van der Waals surface area contributed by atoms with Crippen molar-refractivity contribution in [1.82, 2.24) is 0 Å². The molecule has 0 amide bonds. The second-order valence-electron chi connectivity index (χ2n) is 13.7. The first-order valence-electron chi connectivity index (χ1n) is 14.3. The molecule has 0 radical (unpaired) electrons. The molecule has 0 aromatic heterocycles. The summed E-state index contributed by atoms with van der Waals surface area (Å²) in [6.07, 6.45) is 13.0. The van der Waals surface area contributed by atoms with E-state index in [1.807, 2.05) is 13.8 Å². The Morgan fingerprint density at radius 3 is 2.61 bits per heavy atom. The second kappa shape index (κ2) is 11.4. The molecule has 0 aromatic rings. The van der Waals surface area contributed by atoms with Crippen molar-refractivity contribution in [3.05, 3.63) is 35.5 Å². The first kappa shape index (κ1) is 29.5. The maximum Gasteiger partial charge on any atom is 0.185 e. The molecule has 3 aliphatic carbocycles. The van der Waals surface area contributed by atoms with Crippen LogP contribution in [0, 0.1) is 29.1 Å². The summed E-state index contributed by atoms with van der Waals surface area (Å²) in [5.74, 6) is 1.95. The third kappa shape index (κ3) is 6.70. The summed E-state index contributed by atoms with van der Waals surface area (Å²) in [5, 5.41) is 20.0. The molecule has 6 atom stereocenters. The highest BCUT2D eigenvalue weighted by Gasteiger charge is 2.50. The summed E-state index contributed by atoms with van der Waals surface area (Å²) >= 11 is 0. The average Bonchev–Trinajstić information content (AvgIpc) is 3.13. The van der Waals surface area contributed by atoms with Crippen LogP contribution in [0.15, 0.2) is 35.5 Å². The molecule has 204 valence electrons. The number of allylic oxidation sites excluding steroid dienone is 3. The van der Waals surface area contributed by atoms with Crippen LogP contribution in [0.25, 0.3) is 0 Å². The Morgan fingerprint density at radius 1 is 1.28 bits per heavy atom. The van der Waals surface area contributed by atoms with E-state index in [1.165, 1.54) is 25.7 Å². The first-order valence-corrected chi connectivity index (χ1v) is 17.7. The summed E-state index contributed by atoms with van der Waals surface area (Å²) in [4.78, 5) is 13.0. The van der Waals surface area contributed by atoms with Gasteiger partial charge in [0.2, 0.25) is 0 Å². The summed E-state index contributed by atoms with van der Waals surface area (Å²) in [6.45, 7) is 19.5. The molecule has 0 unspecified atom stereocenters. The van der Waals surface area contributed by atoms with E-state index in [0.717, 1.165) is 24.0 Å². The van der Waals surface area contributed by atoms with Gasteiger partial charge in [0.05, 0.1) is 12.7 Å². The lowest BCUT2D eigenvalue weighted by molar-refractivity contribution is -0.133. The normalized spacial score (nSPS) is 34.8. The maximum atomic E-state index is 13.0. The van der Waals surface area contributed by atoms with Gasteiger partial charge in [0, 0.05) is 12.3 Å². The Hall–Kier alpha value is -1.01. The molecule has 3 aliphatic rings. The van der Waals surface area contributed by atoms with Gasteiger partial charge in [-0.15, -0.1) is 0 Å². The van der Waals surface area contributed by atoms with Gasteiger partial charge in [-0.2, -0.15) is 0 Å². The van der Waals surface area contributed by atoms with Crippen LogP contribution in [0.3, 0.4) is 0 Å². The predicted molar refractivity (Wildman–Crippen MR) is 151 cm³/mol. The highest BCUT2D eigenvalue weighted by atomic mass is 28.4. The van der Waals surface area contributed by atoms with E-state index < -0.39 is 20.0 Å². The zero-order valence-electron chi connectivity index (χ0n) is 24.0. The van der Waals surface area contributed by atoms with Crippen LogP contribution >= 0.6 is 0 Å². The lowest BCUT2D eigenvalue weighted by Crippen LogP contribution is -2.44. The van der Waals surface area contributed by atoms with Crippen molar-refractivity contribution in [2.24, 2.45) is 29.1 Å². The molecular formula is C31H52O4Si. The molecule has 3 fully saturated rings. The standard InChI is InChI=1S/C31H52O4Si/c1-21(11-16-29(34)30(3,4)35-36(6,7)8)27-14-15-28-23(10-9-17-31(27,28)5)12-13-24-18-26(33)19-25(20-32)22(24)2/h12-13,21,25-28,32-33H,2,9-11,14-20H2,1,3-8H3/b23-12+,24-13-/t21-,25-,26-,27-,28+,31-/m1/s1. The van der Waals surface area contributed by atoms with Crippen LogP contribution < -0.4 is 0 Å². The van der Waals surface area contributed by atoms with Gasteiger partial charge < -0.3 is 14.6 Å². The molecule has 4 nitrogen and oxygen atoms in total. The topological polar surface area (TPSA) is 66.8 Å². The molecule has 0 spiro atoms. The van der Waals surface area contributed by atoms with Crippen LogP contribution in [0.5, 0.6) is 0 Å². The minimum Gasteiger partial charge on any atom is -0.406 e. The number of ketones is 1. The lowest BCUT2D eigenvalue weighted by Gasteiger charge is -2.44. The molecule has 0 bridgehead atoms. The number of carbonyl (C=O) groups is 1. The second-order valence-corrected chi connectivity index (χ2v) is 18.1. The van der Waals surface area contributed by atoms with Crippen molar-refractivity contribution >= 4 is 14.1 Å². The molecule has 0 aromatic carbocycles. The monoisotopic (exact) mass is 516 g/mol. The van der Waals surface area contributed by atoms with Crippen molar-refractivity contribution in [3.63, 3.8) is 0 Å². The zero-order valence-corrected chi connectivity index (χ0v) is 25.0.